The molecule has 0 radical (unpaired) electrons. The Labute approximate surface area is 102 Å². The molecule has 0 N–H and O–H groups in total. The molecule has 14 heavy (non-hydrogen) atoms. The van der Waals surface area contributed by atoms with Crippen LogP contribution in [0.2, 0.25) is 0 Å². The monoisotopic (exact) mass is 340 g/mol. The summed E-state index contributed by atoms with van der Waals surface area (Å²) in [5, 5.41) is 3.23. The zero-order valence-corrected chi connectivity index (χ0v) is 13.5. The molecule has 0 saturated carbocycles. The van der Waals surface area contributed by atoms with Crippen LogP contribution in [-0.2, 0) is 0 Å². The van der Waals surface area contributed by atoms with Crippen LogP contribution in [0.1, 0.15) is 0 Å². The fourth-order valence-corrected chi connectivity index (χ4v) is 7.32. The van der Waals surface area contributed by atoms with Crippen molar-refractivity contribution in [3.05, 3.63) is 24.3 Å². The molecule has 0 heterocycles. The minimum absolute atomic E-state index is 0.879. The summed E-state index contributed by atoms with van der Waals surface area (Å²) in [6.07, 6.45) is 0. The smallest absolute Gasteiger partial charge is 0.0581 e. The van der Waals surface area contributed by atoms with E-state index in [4.69, 9.17) is 0 Å². The van der Waals surface area contributed by atoms with E-state index >= 15 is 0 Å². The Hall–Kier alpha value is 0.810. The number of benzene rings is 1. The molecule has 3 heteroatoms. The van der Waals surface area contributed by atoms with Crippen LogP contribution in [0, 0.1) is 0 Å². The molecular weight excluding hydrogens is 321 g/mol. The van der Waals surface area contributed by atoms with Crippen LogP contribution in [0.25, 0.3) is 0 Å². The van der Waals surface area contributed by atoms with E-state index in [0.717, 1.165) is 0 Å². The van der Waals surface area contributed by atoms with Crippen molar-refractivity contribution in [2.45, 2.75) is 0 Å². The van der Waals surface area contributed by atoms with Gasteiger partial charge in [-0.3, -0.25) is 0 Å². The summed E-state index contributed by atoms with van der Waals surface area (Å²) in [5.74, 6) is 0. The number of hydrogen-bond donors (Lipinski definition) is 0. The minimum atomic E-state index is -0.904. The van der Waals surface area contributed by atoms with Crippen LogP contribution in [0.5, 0.6) is 0 Å². The average Bonchev–Trinajstić information content (AvgIpc) is 2.01. The van der Waals surface area contributed by atoms with Crippen molar-refractivity contribution in [1.82, 2.24) is 0 Å². The standard InChI is InChI=1S/C11H19IP2/c1-13(2,3)10-8-6-7-9-11(10)14(4,5)12/h6-9H,1-5H3/q+2. The molecule has 0 aliphatic heterocycles. The third kappa shape index (κ3) is 3.15. The zero-order valence-electron chi connectivity index (χ0n) is 9.58. The Morgan fingerprint density at radius 2 is 1.29 bits per heavy atom. The molecule has 0 spiro atoms. The molecule has 0 aliphatic rings. The minimum Gasteiger partial charge on any atom is -0.0581 e. The van der Waals surface area contributed by atoms with Gasteiger partial charge in [0.05, 0.1) is 33.3 Å². The van der Waals surface area contributed by atoms with Crippen LogP contribution in [-0.4, -0.2) is 33.3 Å². The van der Waals surface area contributed by atoms with Gasteiger partial charge in [0, 0.05) is 7.26 Å². The second-order valence-corrected chi connectivity index (χ2v) is 19.7. The Bertz CT molecular complexity index is 288. The Morgan fingerprint density at radius 1 is 0.857 bits per heavy atom. The molecule has 0 unspecified atom stereocenters. The highest BCUT2D eigenvalue weighted by Crippen LogP contribution is 2.60. The van der Waals surface area contributed by atoms with Gasteiger partial charge in [-0.15, -0.1) is 0 Å². The molecule has 78 valence electrons. The summed E-state index contributed by atoms with van der Waals surface area (Å²) < 4.78 is 0. The van der Waals surface area contributed by atoms with Crippen LogP contribution < -0.4 is 10.6 Å². The predicted octanol–water partition coefficient (Wildman–Crippen LogP) is 3.47. The van der Waals surface area contributed by atoms with Crippen LogP contribution in [0.4, 0.5) is 0 Å². The van der Waals surface area contributed by atoms with Crippen molar-refractivity contribution in [2.24, 2.45) is 0 Å². The van der Waals surface area contributed by atoms with E-state index in [1.807, 2.05) is 0 Å². The molecule has 0 saturated heterocycles. The van der Waals surface area contributed by atoms with E-state index in [-0.39, 0.29) is 0 Å². The number of hydrogen-bond acceptors (Lipinski definition) is 0. The van der Waals surface area contributed by atoms with Gasteiger partial charge >= 0.3 is 0 Å². The van der Waals surface area contributed by atoms with E-state index in [2.05, 4.69) is 79.6 Å². The van der Waals surface area contributed by atoms with Gasteiger partial charge in [0.25, 0.3) is 0 Å². The lowest BCUT2D eigenvalue weighted by Crippen LogP contribution is -2.26. The van der Waals surface area contributed by atoms with Crippen LogP contribution in [0.15, 0.2) is 24.3 Å². The number of halogens is 1. The van der Waals surface area contributed by atoms with Crippen molar-refractivity contribution in [3.63, 3.8) is 0 Å². The molecule has 0 atom stereocenters. The fourth-order valence-electron chi connectivity index (χ4n) is 1.48. The van der Waals surface area contributed by atoms with Crippen LogP contribution >= 0.6 is 34.2 Å². The molecule has 0 aromatic heterocycles. The van der Waals surface area contributed by atoms with Gasteiger partial charge < -0.3 is 0 Å². The summed E-state index contributed by atoms with van der Waals surface area (Å²) in [5.41, 5.74) is 0. The Kier molecular flexibility index (Phi) is 4.01. The third-order valence-electron chi connectivity index (χ3n) is 2.18. The summed E-state index contributed by atoms with van der Waals surface area (Å²) in [6, 6.07) is 9.00. The highest BCUT2D eigenvalue weighted by molar-refractivity contribution is 14.2. The van der Waals surface area contributed by atoms with E-state index < -0.39 is 12.2 Å². The van der Waals surface area contributed by atoms with Gasteiger partial charge in [0.1, 0.15) is 15.5 Å². The first-order valence-corrected chi connectivity index (χ1v) is 13.3. The average molecular weight is 340 g/mol. The van der Waals surface area contributed by atoms with Gasteiger partial charge in [-0.25, -0.2) is 0 Å². The van der Waals surface area contributed by atoms with E-state index in [1.165, 1.54) is 0 Å². The Balaban J connectivity index is 3.31. The highest BCUT2D eigenvalue weighted by atomic mass is 127. The lowest BCUT2D eigenvalue weighted by molar-refractivity contribution is 1.79. The number of rotatable bonds is 2. The largest absolute Gasteiger partial charge is 0.160 e. The maximum atomic E-state index is 2.64. The zero-order chi connectivity index (χ0) is 11.0. The first kappa shape index (κ1) is 12.9. The topological polar surface area (TPSA) is 0 Å². The summed E-state index contributed by atoms with van der Waals surface area (Å²) in [6.45, 7) is 12.0. The summed E-state index contributed by atoms with van der Waals surface area (Å²) in [4.78, 5) is -0.904. The molecule has 0 amide bonds. The van der Waals surface area contributed by atoms with Crippen molar-refractivity contribution < 1.29 is 0 Å². The van der Waals surface area contributed by atoms with E-state index in [0.29, 0.717) is 0 Å². The lowest BCUT2D eigenvalue weighted by atomic mass is 10.4. The second-order valence-electron chi connectivity index (χ2n) is 4.82. The van der Waals surface area contributed by atoms with E-state index in [9.17, 15) is 0 Å². The molecule has 0 nitrogen and oxygen atoms in total. The van der Waals surface area contributed by atoms with Gasteiger partial charge in [0.2, 0.25) is 0 Å². The quantitative estimate of drug-likeness (QED) is 0.571. The molecule has 1 rings (SSSR count). The normalized spacial score (nSPS) is 13.0. The van der Waals surface area contributed by atoms with Crippen molar-refractivity contribution in [1.29, 1.82) is 0 Å². The molecule has 0 aliphatic carbocycles. The van der Waals surface area contributed by atoms with Gasteiger partial charge in [-0.2, -0.15) is 0 Å². The van der Waals surface area contributed by atoms with E-state index in [1.54, 1.807) is 10.6 Å². The van der Waals surface area contributed by atoms with Crippen molar-refractivity contribution in [2.75, 3.05) is 33.3 Å². The molecule has 0 fully saturated rings. The first-order valence-electron chi connectivity index (χ1n) is 4.68. The van der Waals surface area contributed by atoms with Crippen LogP contribution in [0.3, 0.4) is 0 Å². The SMILES string of the molecule is C[P+](C)(C)c1ccccc1[P+](C)(C)I. The highest BCUT2D eigenvalue weighted by Gasteiger charge is 2.36. The Morgan fingerprint density at radius 3 is 1.57 bits per heavy atom. The summed E-state index contributed by atoms with van der Waals surface area (Å²) in [7, 11) is -0.879. The maximum absolute atomic E-state index is 2.64. The second kappa shape index (κ2) is 4.36. The molecule has 0 bridgehead atoms. The van der Waals surface area contributed by atoms with Gasteiger partial charge in [0.15, 0.2) is 22.0 Å². The fraction of sp³-hybridized carbons (Fsp3) is 0.455. The predicted molar refractivity (Wildman–Crippen MR) is 83.2 cm³/mol. The maximum Gasteiger partial charge on any atom is 0.160 e. The van der Waals surface area contributed by atoms with Gasteiger partial charge in [-0.1, -0.05) is 12.1 Å². The molecule has 1 aromatic rings. The van der Waals surface area contributed by atoms with Gasteiger partial charge in [-0.05, 0) is 12.1 Å². The summed E-state index contributed by atoms with van der Waals surface area (Å²) >= 11 is 2.64. The molecule has 1 aromatic carbocycles. The lowest BCUT2D eigenvalue weighted by Gasteiger charge is -2.17. The molecular formula is C11H19IP2+2. The third-order valence-corrected chi connectivity index (χ3v) is 7.28. The van der Waals surface area contributed by atoms with Crippen molar-refractivity contribution in [3.8, 4) is 0 Å². The van der Waals surface area contributed by atoms with Crippen molar-refractivity contribution >= 4 is 44.8 Å². The first-order chi connectivity index (χ1) is 6.23.